The summed E-state index contributed by atoms with van der Waals surface area (Å²) in [5, 5.41) is 16.0. The Kier molecular flexibility index (Phi) is 4.67. The average molecular weight is 336 g/mol. The number of rotatable bonds is 4. The summed E-state index contributed by atoms with van der Waals surface area (Å²) < 4.78 is 0. The van der Waals surface area contributed by atoms with Gasteiger partial charge < -0.3 is 5.32 Å². The minimum Gasteiger partial charge on any atom is -0.321 e. The summed E-state index contributed by atoms with van der Waals surface area (Å²) in [4.78, 5) is 14.2. The fourth-order valence-corrected chi connectivity index (χ4v) is 3.64. The Morgan fingerprint density at radius 3 is 2.65 bits per heavy atom. The van der Waals surface area contributed by atoms with Gasteiger partial charge in [0.15, 0.2) is 0 Å². The van der Waals surface area contributed by atoms with Crippen molar-refractivity contribution in [1.29, 1.82) is 5.26 Å². The van der Waals surface area contributed by atoms with Gasteiger partial charge in [-0.1, -0.05) is 24.3 Å². The van der Waals surface area contributed by atoms with Gasteiger partial charge in [0.1, 0.15) is 11.6 Å². The molecule has 5 heteroatoms. The lowest BCUT2D eigenvalue weighted by molar-refractivity contribution is -0.112. The molecule has 1 amide bonds. The summed E-state index contributed by atoms with van der Waals surface area (Å²) in [6.45, 7) is 0. The SMILES string of the molecule is N#C/C(=C/c1cc(-c2cccs2)cs1)C(=O)Nc1ccccc1. The van der Waals surface area contributed by atoms with Gasteiger partial charge in [0.05, 0.1) is 0 Å². The number of nitrogens with zero attached hydrogens (tertiary/aromatic N) is 1. The van der Waals surface area contributed by atoms with E-state index < -0.39 is 5.91 Å². The average Bonchev–Trinajstić information content (AvgIpc) is 3.24. The lowest BCUT2D eigenvalue weighted by Gasteiger charge is -2.03. The third kappa shape index (κ3) is 3.75. The molecular formula is C18H12N2OS2. The molecule has 0 fully saturated rings. The summed E-state index contributed by atoms with van der Waals surface area (Å²) in [6.07, 6.45) is 1.63. The fourth-order valence-electron chi connectivity index (χ4n) is 2.01. The number of nitrogens with one attached hydrogen (secondary N) is 1. The highest BCUT2D eigenvalue weighted by Crippen LogP contribution is 2.30. The molecule has 112 valence electrons. The van der Waals surface area contributed by atoms with E-state index in [9.17, 15) is 10.1 Å². The zero-order valence-electron chi connectivity index (χ0n) is 12.0. The van der Waals surface area contributed by atoms with E-state index in [1.54, 1.807) is 29.5 Å². The van der Waals surface area contributed by atoms with Crippen LogP contribution >= 0.6 is 22.7 Å². The molecule has 0 aliphatic heterocycles. The second-order valence-electron chi connectivity index (χ2n) is 4.71. The molecule has 3 aromatic rings. The first kappa shape index (κ1) is 15.2. The molecule has 1 aromatic carbocycles. The number of nitriles is 1. The quantitative estimate of drug-likeness (QED) is 0.537. The minimum absolute atomic E-state index is 0.0911. The molecule has 2 heterocycles. The molecule has 0 aliphatic carbocycles. The first-order valence-electron chi connectivity index (χ1n) is 6.87. The van der Waals surface area contributed by atoms with Crippen LogP contribution in [0.2, 0.25) is 0 Å². The van der Waals surface area contributed by atoms with Gasteiger partial charge in [-0.25, -0.2) is 0 Å². The number of carbonyl (C=O) groups is 1. The summed E-state index contributed by atoms with van der Waals surface area (Å²) >= 11 is 3.18. The van der Waals surface area contributed by atoms with Crippen LogP contribution in [0.3, 0.4) is 0 Å². The van der Waals surface area contributed by atoms with Crippen molar-refractivity contribution in [2.24, 2.45) is 0 Å². The van der Waals surface area contributed by atoms with Crippen molar-refractivity contribution in [3.8, 4) is 16.5 Å². The molecule has 0 saturated heterocycles. The number of thiophene rings is 2. The summed E-state index contributed by atoms with van der Waals surface area (Å²) in [7, 11) is 0. The van der Waals surface area contributed by atoms with Gasteiger partial charge in [-0.05, 0) is 41.1 Å². The van der Waals surface area contributed by atoms with Crippen molar-refractivity contribution < 1.29 is 4.79 Å². The van der Waals surface area contributed by atoms with Crippen molar-refractivity contribution in [1.82, 2.24) is 0 Å². The predicted octanol–water partition coefficient (Wildman–Crippen LogP) is 5.02. The van der Waals surface area contributed by atoms with Gasteiger partial charge >= 0.3 is 0 Å². The Balaban J connectivity index is 1.79. The van der Waals surface area contributed by atoms with Crippen LogP contribution in [0.1, 0.15) is 4.88 Å². The van der Waals surface area contributed by atoms with E-state index in [2.05, 4.69) is 5.32 Å². The second kappa shape index (κ2) is 7.05. The molecule has 0 aliphatic rings. The van der Waals surface area contributed by atoms with Gasteiger partial charge in [-0.15, -0.1) is 22.7 Å². The van der Waals surface area contributed by atoms with E-state index in [4.69, 9.17) is 0 Å². The topological polar surface area (TPSA) is 52.9 Å². The minimum atomic E-state index is -0.398. The zero-order chi connectivity index (χ0) is 16.1. The van der Waals surface area contributed by atoms with Gasteiger partial charge in [0.2, 0.25) is 0 Å². The van der Waals surface area contributed by atoms with Crippen molar-refractivity contribution in [2.45, 2.75) is 0 Å². The van der Waals surface area contributed by atoms with E-state index in [0.717, 1.165) is 10.4 Å². The fraction of sp³-hybridized carbons (Fsp3) is 0. The molecule has 23 heavy (non-hydrogen) atoms. The van der Waals surface area contributed by atoms with Crippen LogP contribution in [0.15, 0.2) is 64.9 Å². The van der Waals surface area contributed by atoms with Gasteiger partial charge in [0, 0.05) is 21.0 Å². The van der Waals surface area contributed by atoms with Crippen LogP contribution in [-0.4, -0.2) is 5.91 Å². The lowest BCUT2D eigenvalue weighted by Crippen LogP contribution is -2.13. The molecule has 0 radical (unpaired) electrons. The van der Waals surface area contributed by atoms with Gasteiger partial charge in [0.25, 0.3) is 5.91 Å². The van der Waals surface area contributed by atoms with Crippen molar-refractivity contribution in [3.63, 3.8) is 0 Å². The highest BCUT2D eigenvalue weighted by molar-refractivity contribution is 7.15. The van der Waals surface area contributed by atoms with Crippen LogP contribution in [0.5, 0.6) is 0 Å². The number of carbonyl (C=O) groups excluding carboxylic acids is 1. The third-order valence-corrected chi connectivity index (χ3v) is 4.91. The highest BCUT2D eigenvalue weighted by Gasteiger charge is 2.10. The number of amides is 1. The highest BCUT2D eigenvalue weighted by atomic mass is 32.1. The molecule has 1 N–H and O–H groups in total. The second-order valence-corrected chi connectivity index (χ2v) is 6.60. The smallest absolute Gasteiger partial charge is 0.266 e. The molecule has 3 rings (SSSR count). The molecular weight excluding hydrogens is 324 g/mol. The van der Waals surface area contributed by atoms with E-state index in [0.29, 0.717) is 5.69 Å². The van der Waals surface area contributed by atoms with E-state index >= 15 is 0 Å². The van der Waals surface area contributed by atoms with Gasteiger partial charge in [-0.2, -0.15) is 5.26 Å². The van der Waals surface area contributed by atoms with Crippen molar-refractivity contribution in [2.75, 3.05) is 5.32 Å². The Bertz CT molecular complexity index is 871. The van der Waals surface area contributed by atoms with Crippen LogP contribution < -0.4 is 5.32 Å². The van der Waals surface area contributed by atoms with Crippen LogP contribution in [-0.2, 0) is 4.79 Å². The lowest BCUT2D eigenvalue weighted by atomic mass is 10.2. The number of para-hydroxylation sites is 1. The summed E-state index contributed by atoms with van der Waals surface area (Å²) in [5.74, 6) is -0.398. The van der Waals surface area contributed by atoms with E-state index in [-0.39, 0.29) is 5.57 Å². The third-order valence-electron chi connectivity index (χ3n) is 3.11. The standard InChI is InChI=1S/C18H12N2OS2/c19-11-13(18(21)20-15-5-2-1-3-6-15)9-16-10-14(12-23-16)17-7-4-8-22-17/h1-10,12H,(H,20,21)/b13-9-. The Hall–Kier alpha value is -2.68. The van der Waals surface area contributed by atoms with Gasteiger partial charge in [-0.3, -0.25) is 4.79 Å². The predicted molar refractivity (Wildman–Crippen MR) is 96.3 cm³/mol. The summed E-state index contributed by atoms with van der Waals surface area (Å²) in [6, 6.07) is 17.1. The Morgan fingerprint density at radius 1 is 1.13 bits per heavy atom. The van der Waals surface area contributed by atoms with E-state index in [1.165, 1.54) is 16.2 Å². The maximum atomic E-state index is 12.2. The van der Waals surface area contributed by atoms with Crippen LogP contribution in [0.4, 0.5) is 5.69 Å². The molecule has 0 bridgehead atoms. The molecule has 2 aromatic heterocycles. The number of anilines is 1. The van der Waals surface area contributed by atoms with Crippen LogP contribution in [0.25, 0.3) is 16.5 Å². The van der Waals surface area contributed by atoms with E-state index in [1.807, 2.05) is 53.2 Å². The maximum absolute atomic E-state index is 12.2. The first-order valence-corrected chi connectivity index (χ1v) is 8.63. The molecule has 3 nitrogen and oxygen atoms in total. The van der Waals surface area contributed by atoms with Crippen molar-refractivity contribution >= 4 is 40.3 Å². The zero-order valence-corrected chi connectivity index (χ0v) is 13.7. The normalized spacial score (nSPS) is 11.0. The largest absolute Gasteiger partial charge is 0.321 e. The number of benzene rings is 1. The molecule has 0 spiro atoms. The van der Waals surface area contributed by atoms with Crippen molar-refractivity contribution in [3.05, 3.63) is 69.7 Å². The monoisotopic (exact) mass is 336 g/mol. The Labute approximate surface area is 142 Å². The number of hydrogen-bond donors (Lipinski definition) is 1. The van der Waals surface area contributed by atoms with Crippen LogP contribution in [0, 0.1) is 11.3 Å². The maximum Gasteiger partial charge on any atom is 0.266 e. The Morgan fingerprint density at radius 2 is 1.96 bits per heavy atom. The molecule has 0 atom stereocenters. The number of hydrogen-bond acceptors (Lipinski definition) is 4. The summed E-state index contributed by atoms with van der Waals surface area (Å²) in [5.41, 5.74) is 1.87. The first-order chi connectivity index (χ1) is 11.3. The molecule has 0 saturated carbocycles. The molecule has 0 unspecified atom stereocenters.